The molecule has 158 valence electrons. The maximum Gasteiger partial charge on any atom is 0.473 e. The van der Waals surface area contributed by atoms with Crippen LogP contribution in [0.5, 0.6) is 0 Å². The first-order valence-corrected chi connectivity index (χ1v) is 12.6. The molecule has 1 aromatic heterocycles. The molecule has 0 bridgehead atoms. The van der Waals surface area contributed by atoms with Crippen LogP contribution in [0.25, 0.3) is 21.3 Å². The minimum atomic E-state index is -4.20. The highest BCUT2D eigenvalue weighted by atomic mass is 79.9. The van der Waals surface area contributed by atoms with Gasteiger partial charge in [0.15, 0.2) is 0 Å². The quantitative estimate of drug-likeness (QED) is 0.293. The van der Waals surface area contributed by atoms with Crippen molar-refractivity contribution in [2.45, 2.75) is 45.8 Å². The first-order valence-electron chi connectivity index (χ1n) is 9.49. The highest BCUT2D eigenvalue weighted by molar-refractivity contribution is 9.10. The average Bonchev–Trinajstić information content (AvgIpc) is 3.09. The second kappa shape index (κ2) is 9.32. The lowest BCUT2D eigenvalue weighted by Crippen LogP contribution is -2.22. The van der Waals surface area contributed by atoms with E-state index in [1.165, 1.54) is 11.5 Å². The van der Waals surface area contributed by atoms with Gasteiger partial charge in [-0.1, -0.05) is 52.9 Å². The summed E-state index contributed by atoms with van der Waals surface area (Å²) in [6.45, 7) is 6.87. The van der Waals surface area contributed by atoms with Gasteiger partial charge in [0, 0.05) is 21.0 Å². The van der Waals surface area contributed by atoms with E-state index < -0.39 is 13.4 Å². The summed E-state index contributed by atoms with van der Waals surface area (Å²) in [6.07, 6.45) is 0.232. The van der Waals surface area contributed by atoms with Gasteiger partial charge in [-0.25, -0.2) is 4.57 Å². The smallest absolute Gasteiger partial charge is 0.302 e. The molecule has 0 aliphatic heterocycles. The minimum Gasteiger partial charge on any atom is -0.302 e. The molecule has 0 aliphatic rings. The van der Waals surface area contributed by atoms with Crippen LogP contribution in [-0.2, 0) is 13.6 Å². The molecule has 3 rings (SSSR count). The Kier molecular flexibility index (Phi) is 7.19. The Morgan fingerprint density at radius 2 is 1.97 bits per heavy atom. The number of nitrogens with zero attached hydrogens (tertiary/aromatic N) is 1. The van der Waals surface area contributed by atoms with Gasteiger partial charge in [-0.05, 0) is 63.0 Å². The monoisotopic (exact) mass is 507 g/mol. The fourth-order valence-electron chi connectivity index (χ4n) is 2.69. The Morgan fingerprint density at radius 1 is 1.27 bits per heavy atom. The van der Waals surface area contributed by atoms with E-state index in [0.717, 1.165) is 31.4 Å². The Bertz CT molecular complexity index is 1150. The standard InChI is InChI=1S/C22H23BrNO4PS/c1-5-15(2)27-29(25,26)28-22(3,4)13-12-16-6-11-19-20(14-16)30-24-21(19)17-7-9-18(23)10-8-17/h6-11,14-15H,5H2,1-4H3,(H,25,26). The molecule has 8 heteroatoms. The maximum atomic E-state index is 12.2. The van der Waals surface area contributed by atoms with Crippen molar-refractivity contribution in [1.82, 2.24) is 4.37 Å². The molecule has 0 fully saturated rings. The van der Waals surface area contributed by atoms with Crippen LogP contribution in [0.3, 0.4) is 0 Å². The zero-order chi connectivity index (χ0) is 21.9. The van der Waals surface area contributed by atoms with Gasteiger partial charge in [-0.15, -0.1) is 0 Å². The van der Waals surface area contributed by atoms with Crippen LogP contribution in [0, 0.1) is 11.8 Å². The molecular weight excluding hydrogens is 485 g/mol. The molecule has 30 heavy (non-hydrogen) atoms. The number of halogens is 1. The molecular formula is C22H23BrNO4PS. The van der Waals surface area contributed by atoms with Crippen LogP contribution in [0.2, 0.25) is 0 Å². The first-order chi connectivity index (χ1) is 14.1. The molecule has 2 aromatic carbocycles. The molecule has 1 N–H and O–H groups in total. The van der Waals surface area contributed by atoms with Crippen LogP contribution in [0.15, 0.2) is 46.9 Å². The largest absolute Gasteiger partial charge is 0.473 e. The predicted octanol–water partition coefficient (Wildman–Crippen LogP) is 6.79. The normalized spacial score (nSPS) is 14.7. The predicted molar refractivity (Wildman–Crippen MR) is 125 cm³/mol. The molecule has 1 heterocycles. The lowest BCUT2D eigenvalue weighted by atomic mass is 10.1. The van der Waals surface area contributed by atoms with E-state index in [0.29, 0.717) is 6.42 Å². The van der Waals surface area contributed by atoms with E-state index >= 15 is 0 Å². The Balaban J connectivity index is 1.81. The van der Waals surface area contributed by atoms with E-state index in [-0.39, 0.29) is 6.10 Å². The fourth-order valence-corrected chi connectivity index (χ4v) is 5.06. The summed E-state index contributed by atoms with van der Waals surface area (Å²) in [5, 5.41) is 1.06. The second-order valence-electron chi connectivity index (χ2n) is 7.39. The number of phosphoric acid groups is 1. The first kappa shape index (κ1) is 23.1. The molecule has 2 unspecified atom stereocenters. The molecule has 3 aromatic rings. The molecule has 0 aliphatic carbocycles. The van der Waals surface area contributed by atoms with Crippen LogP contribution in [-0.4, -0.2) is 21.0 Å². The summed E-state index contributed by atoms with van der Waals surface area (Å²) in [7, 11) is -4.20. The maximum absolute atomic E-state index is 12.2. The van der Waals surface area contributed by atoms with Gasteiger partial charge in [0.1, 0.15) is 5.60 Å². The van der Waals surface area contributed by atoms with Gasteiger partial charge in [0.25, 0.3) is 0 Å². The lowest BCUT2D eigenvalue weighted by Gasteiger charge is -2.23. The van der Waals surface area contributed by atoms with Crippen LogP contribution < -0.4 is 0 Å². The van der Waals surface area contributed by atoms with Gasteiger partial charge in [-0.2, -0.15) is 4.37 Å². The van der Waals surface area contributed by atoms with Crippen molar-refractivity contribution in [2.24, 2.45) is 0 Å². The molecule has 5 nitrogen and oxygen atoms in total. The zero-order valence-electron chi connectivity index (χ0n) is 17.2. The number of hydrogen-bond acceptors (Lipinski definition) is 5. The molecule has 2 atom stereocenters. The van der Waals surface area contributed by atoms with Crippen molar-refractivity contribution >= 4 is 45.4 Å². The van der Waals surface area contributed by atoms with E-state index in [1.54, 1.807) is 20.8 Å². The Hall–Kier alpha value is -1.52. The molecule has 0 amide bonds. The average molecular weight is 508 g/mol. The Labute approximate surface area is 189 Å². The van der Waals surface area contributed by atoms with E-state index in [2.05, 4.69) is 32.1 Å². The van der Waals surface area contributed by atoms with Crippen molar-refractivity contribution in [2.75, 3.05) is 0 Å². The van der Waals surface area contributed by atoms with Crippen molar-refractivity contribution < 1.29 is 18.5 Å². The van der Waals surface area contributed by atoms with E-state index in [1.807, 2.05) is 49.4 Å². The van der Waals surface area contributed by atoms with Crippen molar-refractivity contribution in [3.63, 3.8) is 0 Å². The topological polar surface area (TPSA) is 68.7 Å². The van der Waals surface area contributed by atoms with E-state index in [4.69, 9.17) is 9.05 Å². The zero-order valence-corrected chi connectivity index (χ0v) is 20.5. The molecule has 0 spiro atoms. The van der Waals surface area contributed by atoms with Crippen LogP contribution in [0.4, 0.5) is 0 Å². The number of hydrogen-bond donors (Lipinski definition) is 1. The third-order valence-corrected chi connectivity index (χ3v) is 6.98. The number of fused-ring (bicyclic) bond motifs is 1. The van der Waals surface area contributed by atoms with Crippen LogP contribution >= 0.6 is 35.3 Å². The molecule has 0 saturated heterocycles. The summed E-state index contributed by atoms with van der Waals surface area (Å²) in [4.78, 5) is 9.95. The number of benzene rings is 2. The minimum absolute atomic E-state index is 0.377. The summed E-state index contributed by atoms with van der Waals surface area (Å²) in [6, 6.07) is 13.9. The number of aromatic nitrogens is 1. The molecule has 0 saturated carbocycles. The van der Waals surface area contributed by atoms with Crippen molar-refractivity contribution in [3.05, 3.63) is 52.5 Å². The third kappa shape index (κ3) is 6.01. The van der Waals surface area contributed by atoms with Gasteiger partial charge in [-0.3, -0.25) is 9.05 Å². The van der Waals surface area contributed by atoms with Gasteiger partial charge in [0.2, 0.25) is 0 Å². The Morgan fingerprint density at radius 3 is 2.63 bits per heavy atom. The van der Waals surface area contributed by atoms with E-state index in [9.17, 15) is 9.46 Å². The summed E-state index contributed by atoms with van der Waals surface area (Å²) in [5.74, 6) is 5.96. The fraction of sp³-hybridized carbons (Fsp3) is 0.318. The second-order valence-corrected chi connectivity index (χ2v) is 10.4. The highest BCUT2D eigenvalue weighted by Crippen LogP contribution is 2.48. The molecule has 0 radical (unpaired) electrons. The highest BCUT2D eigenvalue weighted by Gasteiger charge is 2.32. The number of rotatable bonds is 6. The third-order valence-electron chi connectivity index (χ3n) is 4.33. The van der Waals surface area contributed by atoms with Gasteiger partial charge in [0.05, 0.1) is 16.5 Å². The van der Waals surface area contributed by atoms with Crippen molar-refractivity contribution in [3.8, 4) is 23.1 Å². The SMILES string of the molecule is CCC(C)OP(=O)(O)OC(C)(C)C#Cc1ccc2c(-c3ccc(Br)cc3)nsc2c1. The summed E-state index contributed by atoms with van der Waals surface area (Å²) < 4.78 is 29.2. The summed E-state index contributed by atoms with van der Waals surface area (Å²) >= 11 is 4.86. The van der Waals surface area contributed by atoms with Crippen molar-refractivity contribution in [1.29, 1.82) is 0 Å². The number of phosphoric ester groups is 1. The van der Waals surface area contributed by atoms with Gasteiger partial charge < -0.3 is 4.89 Å². The lowest BCUT2D eigenvalue weighted by molar-refractivity contribution is 0.0643. The van der Waals surface area contributed by atoms with Gasteiger partial charge >= 0.3 is 7.82 Å². The summed E-state index contributed by atoms with van der Waals surface area (Å²) in [5.41, 5.74) is 1.62. The van der Waals surface area contributed by atoms with Crippen LogP contribution in [0.1, 0.15) is 39.7 Å².